The lowest BCUT2D eigenvalue weighted by Crippen LogP contribution is -2.11. The smallest absolute Gasteiger partial charge is 0.137 e. The molecule has 0 saturated heterocycles. The number of benzene rings is 1. The summed E-state index contributed by atoms with van der Waals surface area (Å²) in [6.07, 6.45) is 1.90. The molecule has 3 nitrogen and oxygen atoms in total. The molecule has 0 saturated carbocycles. The fourth-order valence-electron chi connectivity index (χ4n) is 1.51. The van der Waals surface area contributed by atoms with Crippen molar-refractivity contribution in [2.24, 2.45) is 5.41 Å². The van der Waals surface area contributed by atoms with Gasteiger partial charge in [-0.3, -0.25) is 0 Å². The molecule has 0 N–H and O–H groups in total. The first-order chi connectivity index (χ1) is 9.03. The lowest BCUT2D eigenvalue weighted by atomic mass is 9.93. The molecule has 0 amide bonds. The Morgan fingerprint density at radius 3 is 2.53 bits per heavy atom. The van der Waals surface area contributed by atoms with Crippen LogP contribution in [-0.2, 0) is 4.74 Å². The summed E-state index contributed by atoms with van der Waals surface area (Å²) in [5.74, 6) is 0.652. The van der Waals surface area contributed by atoms with Gasteiger partial charge in [-0.15, -0.1) is 0 Å². The monoisotopic (exact) mass is 261 g/mol. The Bertz CT molecular complexity index is 415. The van der Waals surface area contributed by atoms with Gasteiger partial charge < -0.3 is 9.47 Å². The van der Waals surface area contributed by atoms with Gasteiger partial charge in [0, 0.05) is 19.6 Å². The van der Waals surface area contributed by atoms with E-state index in [2.05, 4.69) is 26.8 Å². The van der Waals surface area contributed by atoms with Crippen LogP contribution in [0.2, 0.25) is 0 Å². The number of nitrogens with zero attached hydrogens (tertiary/aromatic N) is 1. The maximum Gasteiger partial charge on any atom is 0.137 e. The lowest BCUT2D eigenvalue weighted by Gasteiger charge is -2.17. The van der Waals surface area contributed by atoms with Gasteiger partial charge in [0.05, 0.1) is 12.2 Å². The fourth-order valence-corrected chi connectivity index (χ4v) is 1.51. The van der Waals surface area contributed by atoms with Crippen LogP contribution in [-0.4, -0.2) is 19.8 Å². The van der Waals surface area contributed by atoms with Crippen molar-refractivity contribution in [2.75, 3.05) is 19.8 Å². The van der Waals surface area contributed by atoms with Gasteiger partial charge in [-0.2, -0.15) is 5.26 Å². The molecular formula is C16H23NO2. The Labute approximate surface area is 116 Å². The summed E-state index contributed by atoms with van der Waals surface area (Å²) < 4.78 is 11.1. The molecule has 3 heteroatoms. The maximum absolute atomic E-state index is 8.91. The van der Waals surface area contributed by atoms with Crippen molar-refractivity contribution in [1.29, 1.82) is 5.26 Å². The Hall–Kier alpha value is -1.53. The van der Waals surface area contributed by atoms with E-state index in [0.29, 0.717) is 29.9 Å². The number of hydrogen-bond acceptors (Lipinski definition) is 3. The number of hydrogen-bond donors (Lipinski definition) is 0. The summed E-state index contributed by atoms with van der Waals surface area (Å²) in [6.45, 7) is 8.69. The molecule has 0 radical (unpaired) electrons. The van der Waals surface area contributed by atoms with Gasteiger partial charge in [-0.1, -0.05) is 32.9 Å². The predicted molar refractivity (Wildman–Crippen MR) is 76.2 cm³/mol. The topological polar surface area (TPSA) is 42.2 Å². The van der Waals surface area contributed by atoms with Crippen molar-refractivity contribution in [3.8, 4) is 11.8 Å². The summed E-state index contributed by atoms with van der Waals surface area (Å²) in [5, 5.41) is 8.91. The van der Waals surface area contributed by atoms with E-state index in [0.717, 1.165) is 19.4 Å². The Balaban J connectivity index is 2.13. The first-order valence-corrected chi connectivity index (χ1v) is 6.72. The minimum atomic E-state index is 0.322. The Kier molecular flexibility index (Phi) is 6.38. The number of rotatable bonds is 7. The van der Waals surface area contributed by atoms with Gasteiger partial charge in [-0.25, -0.2) is 0 Å². The van der Waals surface area contributed by atoms with Gasteiger partial charge >= 0.3 is 0 Å². The molecule has 0 aliphatic rings. The molecule has 0 heterocycles. The molecule has 1 rings (SSSR count). The van der Waals surface area contributed by atoms with Gasteiger partial charge in [0.25, 0.3) is 0 Å². The molecule has 1 aromatic rings. The zero-order chi connectivity index (χ0) is 14.1. The van der Waals surface area contributed by atoms with E-state index in [1.807, 2.05) is 18.2 Å². The van der Waals surface area contributed by atoms with E-state index in [1.54, 1.807) is 6.07 Å². The molecule has 0 spiro atoms. The van der Waals surface area contributed by atoms with Gasteiger partial charge in [0.15, 0.2) is 0 Å². The number of ether oxygens (including phenoxy) is 2. The van der Waals surface area contributed by atoms with Crippen LogP contribution >= 0.6 is 0 Å². The second-order valence-electron chi connectivity index (χ2n) is 5.73. The zero-order valence-corrected chi connectivity index (χ0v) is 12.1. The summed E-state index contributed by atoms with van der Waals surface area (Å²) >= 11 is 0. The quantitative estimate of drug-likeness (QED) is 0.701. The molecule has 0 unspecified atom stereocenters. The van der Waals surface area contributed by atoms with Crippen LogP contribution in [0.15, 0.2) is 24.3 Å². The van der Waals surface area contributed by atoms with Crippen molar-refractivity contribution in [3.05, 3.63) is 29.8 Å². The third kappa shape index (κ3) is 6.83. The molecule has 19 heavy (non-hydrogen) atoms. The van der Waals surface area contributed by atoms with Crippen molar-refractivity contribution < 1.29 is 9.47 Å². The number of nitriles is 1. The largest absolute Gasteiger partial charge is 0.492 e. The molecular weight excluding hydrogens is 238 g/mol. The van der Waals surface area contributed by atoms with Gasteiger partial charge in [0.2, 0.25) is 0 Å². The van der Waals surface area contributed by atoms with Crippen LogP contribution in [0, 0.1) is 16.7 Å². The first kappa shape index (κ1) is 15.5. The van der Waals surface area contributed by atoms with Crippen molar-refractivity contribution in [3.63, 3.8) is 0 Å². The van der Waals surface area contributed by atoms with Crippen LogP contribution in [0.25, 0.3) is 0 Å². The summed E-state index contributed by atoms with van der Waals surface area (Å²) in [6, 6.07) is 9.40. The van der Waals surface area contributed by atoms with Gasteiger partial charge in [-0.05, 0) is 24.0 Å². The van der Waals surface area contributed by atoms with Crippen molar-refractivity contribution in [1.82, 2.24) is 0 Å². The highest BCUT2D eigenvalue weighted by Crippen LogP contribution is 2.18. The minimum absolute atomic E-state index is 0.322. The fraction of sp³-hybridized carbons (Fsp3) is 0.562. The van der Waals surface area contributed by atoms with E-state index in [1.165, 1.54) is 0 Å². The summed E-state index contributed by atoms with van der Waals surface area (Å²) in [5.41, 5.74) is 0.901. The van der Waals surface area contributed by atoms with Crippen molar-refractivity contribution >= 4 is 0 Å². The highest BCUT2D eigenvalue weighted by Gasteiger charge is 2.09. The second-order valence-corrected chi connectivity index (χ2v) is 5.73. The highest BCUT2D eigenvalue weighted by molar-refractivity contribution is 5.42. The highest BCUT2D eigenvalue weighted by atomic mass is 16.5. The molecule has 0 fully saturated rings. The average Bonchev–Trinajstić information content (AvgIpc) is 2.37. The van der Waals surface area contributed by atoms with Crippen molar-refractivity contribution in [2.45, 2.75) is 33.6 Å². The van der Waals surface area contributed by atoms with Crippen LogP contribution < -0.4 is 4.74 Å². The molecule has 0 aromatic heterocycles. The average molecular weight is 261 g/mol. The Morgan fingerprint density at radius 1 is 1.11 bits per heavy atom. The molecule has 0 bridgehead atoms. The third-order valence-corrected chi connectivity index (χ3v) is 2.69. The maximum atomic E-state index is 8.91. The standard InChI is InChI=1S/C16H23NO2/c1-16(2,3)9-12-18-10-6-11-19-15-8-5-4-7-14(15)13-17/h4-5,7-8H,6,9-12H2,1-3H3. The zero-order valence-electron chi connectivity index (χ0n) is 12.1. The lowest BCUT2D eigenvalue weighted by molar-refractivity contribution is 0.0973. The summed E-state index contributed by atoms with van der Waals surface area (Å²) in [7, 11) is 0. The van der Waals surface area contributed by atoms with E-state index in [9.17, 15) is 0 Å². The normalized spacial score (nSPS) is 11.1. The predicted octanol–water partition coefficient (Wildman–Crippen LogP) is 3.78. The first-order valence-electron chi connectivity index (χ1n) is 6.72. The van der Waals surface area contributed by atoms with Crippen LogP contribution in [0.4, 0.5) is 0 Å². The van der Waals surface area contributed by atoms with E-state index >= 15 is 0 Å². The molecule has 0 atom stereocenters. The molecule has 0 aliphatic heterocycles. The molecule has 104 valence electrons. The summed E-state index contributed by atoms with van der Waals surface area (Å²) in [4.78, 5) is 0. The van der Waals surface area contributed by atoms with E-state index < -0.39 is 0 Å². The third-order valence-electron chi connectivity index (χ3n) is 2.69. The SMILES string of the molecule is CC(C)(C)CCOCCCOc1ccccc1C#N. The van der Waals surface area contributed by atoms with Crippen LogP contribution in [0.1, 0.15) is 39.2 Å². The number of para-hydroxylation sites is 1. The second kappa shape index (κ2) is 7.81. The van der Waals surface area contributed by atoms with E-state index in [-0.39, 0.29) is 0 Å². The van der Waals surface area contributed by atoms with Crippen LogP contribution in [0.3, 0.4) is 0 Å². The van der Waals surface area contributed by atoms with E-state index in [4.69, 9.17) is 14.7 Å². The Morgan fingerprint density at radius 2 is 1.84 bits per heavy atom. The van der Waals surface area contributed by atoms with Gasteiger partial charge in [0.1, 0.15) is 11.8 Å². The molecule has 1 aromatic carbocycles. The van der Waals surface area contributed by atoms with Crippen LogP contribution in [0.5, 0.6) is 5.75 Å². The molecule has 0 aliphatic carbocycles. The minimum Gasteiger partial charge on any atom is -0.492 e.